The Morgan fingerprint density at radius 2 is 1.89 bits per heavy atom. The first-order chi connectivity index (χ1) is 17.2. The van der Waals surface area contributed by atoms with E-state index >= 15 is 0 Å². The highest BCUT2D eigenvalue weighted by Crippen LogP contribution is 2.39. The van der Waals surface area contributed by atoms with E-state index in [4.69, 9.17) is 19.2 Å². The van der Waals surface area contributed by atoms with Crippen molar-refractivity contribution in [1.82, 2.24) is 10.3 Å². The van der Waals surface area contributed by atoms with Gasteiger partial charge in [-0.05, 0) is 66.7 Å². The van der Waals surface area contributed by atoms with Gasteiger partial charge in [-0.25, -0.2) is 9.78 Å². The van der Waals surface area contributed by atoms with Crippen LogP contribution in [0.5, 0.6) is 11.5 Å². The average Bonchev–Trinajstić information content (AvgIpc) is 3.63. The Balaban J connectivity index is 1.30. The van der Waals surface area contributed by atoms with Gasteiger partial charge >= 0.3 is 5.97 Å². The van der Waals surface area contributed by atoms with Crippen molar-refractivity contribution in [1.29, 1.82) is 0 Å². The fourth-order valence-electron chi connectivity index (χ4n) is 5.26. The molecule has 1 saturated carbocycles. The number of esters is 1. The van der Waals surface area contributed by atoms with Crippen LogP contribution in [0.2, 0.25) is 0 Å². The van der Waals surface area contributed by atoms with Gasteiger partial charge in [0, 0.05) is 11.4 Å². The van der Waals surface area contributed by atoms with Crippen molar-refractivity contribution in [3.63, 3.8) is 0 Å². The molecule has 1 amide bonds. The fourth-order valence-corrected chi connectivity index (χ4v) is 5.26. The third-order valence-corrected chi connectivity index (χ3v) is 6.94. The molecular formula is C28H26N2O5. The Labute approximate surface area is 203 Å². The maximum atomic E-state index is 13.3. The molecule has 178 valence electrons. The maximum absolute atomic E-state index is 13.3. The second kappa shape index (κ2) is 9.06. The number of hydrogen-bond acceptors (Lipinski definition) is 6. The molecule has 0 saturated heterocycles. The highest BCUT2D eigenvalue weighted by molar-refractivity contribution is 6.07. The zero-order valence-corrected chi connectivity index (χ0v) is 19.3. The number of aromatic nitrogens is 1. The molecule has 0 unspecified atom stereocenters. The number of carbonyl (C=O) groups excluding carboxylic acids is 2. The van der Waals surface area contributed by atoms with Gasteiger partial charge in [-0.15, -0.1) is 0 Å². The maximum Gasteiger partial charge on any atom is 0.339 e. The first-order valence-electron chi connectivity index (χ1n) is 12.1. The standard InChI is InChI=1S/C28H26N2O5/c31-25(29-19-5-1-2-6-19)15-33-28(32)26-20-7-3-4-8-22(20)30-27-18(10-11-21(26)27)13-17-9-12-23-24(14-17)35-16-34-23/h3-4,7-9,12-14,19H,1-2,5-6,10-11,15-16H2,(H,29,31)/b18-13+. The van der Waals surface area contributed by atoms with Crippen LogP contribution >= 0.6 is 0 Å². The molecule has 0 atom stereocenters. The van der Waals surface area contributed by atoms with Crippen molar-refractivity contribution in [2.24, 2.45) is 0 Å². The number of rotatable bonds is 5. The van der Waals surface area contributed by atoms with Crippen LogP contribution in [-0.4, -0.2) is 36.3 Å². The quantitative estimate of drug-likeness (QED) is 0.546. The van der Waals surface area contributed by atoms with Crippen LogP contribution in [0.1, 0.15) is 59.3 Å². The van der Waals surface area contributed by atoms with Crippen molar-refractivity contribution < 1.29 is 23.8 Å². The normalized spacial score (nSPS) is 17.7. The second-order valence-corrected chi connectivity index (χ2v) is 9.24. The first kappa shape index (κ1) is 21.6. The number of hydrogen-bond donors (Lipinski definition) is 1. The van der Waals surface area contributed by atoms with Crippen molar-refractivity contribution in [3.8, 4) is 11.5 Å². The van der Waals surface area contributed by atoms with Crippen molar-refractivity contribution in [3.05, 3.63) is 64.8 Å². The lowest BCUT2D eigenvalue weighted by molar-refractivity contribution is -0.124. The Hall–Kier alpha value is -3.87. The van der Waals surface area contributed by atoms with Crippen LogP contribution in [0.4, 0.5) is 0 Å². The van der Waals surface area contributed by atoms with Crippen molar-refractivity contribution >= 4 is 34.4 Å². The van der Waals surface area contributed by atoms with E-state index in [0.29, 0.717) is 12.0 Å². The van der Waals surface area contributed by atoms with E-state index in [9.17, 15) is 9.59 Å². The van der Waals surface area contributed by atoms with E-state index < -0.39 is 5.97 Å². The summed E-state index contributed by atoms with van der Waals surface area (Å²) in [6.07, 6.45) is 7.75. The molecule has 2 aliphatic carbocycles. The van der Waals surface area contributed by atoms with Gasteiger partial charge in [-0.3, -0.25) is 4.79 Å². The van der Waals surface area contributed by atoms with E-state index in [1.54, 1.807) is 0 Å². The minimum absolute atomic E-state index is 0.191. The number of para-hydroxylation sites is 1. The molecule has 1 N–H and O–H groups in total. The van der Waals surface area contributed by atoms with Crippen LogP contribution < -0.4 is 14.8 Å². The zero-order valence-electron chi connectivity index (χ0n) is 19.3. The Bertz CT molecular complexity index is 1360. The number of nitrogens with zero attached hydrogens (tertiary/aromatic N) is 1. The summed E-state index contributed by atoms with van der Waals surface area (Å²) in [7, 11) is 0. The summed E-state index contributed by atoms with van der Waals surface area (Å²) in [6.45, 7) is -0.0451. The highest BCUT2D eigenvalue weighted by atomic mass is 16.7. The number of carbonyl (C=O) groups is 2. The molecule has 3 aliphatic rings. The summed E-state index contributed by atoms with van der Waals surface area (Å²) in [5.74, 6) is 0.740. The lowest BCUT2D eigenvalue weighted by Crippen LogP contribution is -2.36. The van der Waals surface area contributed by atoms with Gasteiger partial charge in [0.25, 0.3) is 5.91 Å². The van der Waals surface area contributed by atoms with Gasteiger partial charge in [0.15, 0.2) is 18.1 Å². The molecular weight excluding hydrogens is 444 g/mol. The molecule has 1 fully saturated rings. The first-order valence-corrected chi connectivity index (χ1v) is 12.1. The van der Waals surface area contributed by atoms with Gasteiger partial charge in [0.1, 0.15) is 0 Å². The molecule has 1 aromatic heterocycles. The number of amides is 1. The van der Waals surface area contributed by atoms with Gasteiger partial charge in [-0.1, -0.05) is 37.1 Å². The Kier molecular flexibility index (Phi) is 5.60. The number of nitrogens with one attached hydrogen (secondary N) is 1. The van der Waals surface area contributed by atoms with E-state index in [1.165, 1.54) is 0 Å². The van der Waals surface area contributed by atoms with E-state index in [-0.39, 0.29) is 25.3 Å². The SMILES string of the molecule is O=C(COC(=O)c1c2c(nc3ccccc13)/C(=C/c1ccc3c(c1)OCO3)CC2)NC1CCCC1. The summed E-state index contributed by atoms with van der Waals surface area (Å²) in [4.78, 5) is 30.5. The lowest BCUT2D eigenvalue weighted by Gasteiger charge is -2.14. The summed E-state index contributed by atoms with van der Waals surface area (Å²) in [6, 6.07) is 13.6. The molecule has 7 heteroatoms. The second-order valence-electron chi connectivity index (χ2n) is 9.24. The minimum Gasteiger partial charge on any atom is -0.454 e. The molecule has 6 rings (SSSR count). The highest BCUT2D eigenvalue weighted by Gasteiger charge is 2.28. The summed E-state index contributed by atoms with van der Waals surface area (Å²) in [5.41, 5.74) is 4.96. The van der Waals surface area contributed by atoms with Gasteiger partial charge in [-0.2, -0.15) is 0 Å². The van der Waals surface area contributed by atoms with E-state index in [0.717, 1.165) is 76.9 Å². The minimum atomic E-state index is -0.481. The third-order valence-electron chi connectivity index (χ3n) is 6.94. The number of pyridine rings is 1. The summed E-state index contributed by atoms with van der Waals surface area (Å²) < 4.78 is 16.4. The molecule has 0 radical (unpaired) electrons. The van der Waals surface area contributed by atoms with E-state index in [2.05, 4.69) is 11.4 Å². The summed E-state index contributed by atoms with van der Waals surface area (Å²) in [5, 5.41) is 3.72. The van der Waals surface area contributed by atoms with Gasteiger partial charge in [0.05, 0.1) is 16.8 Å². The third kappa shape index (κ3) is 4.22. The van der Waals surface area contributed by atoms with Crippen molar-refractivity contribution in [2.45, 2.75) is 44.6 Å². The lowest BCUT2D eigenvalue weighted by atomic mass is 10.0. The van der Waals surface area contributed by atoms with Gasteiger partial charge in [0.2, 0.25) is 6.79 Å². The Morgan fingerprint density at radius 3 is 2.77 bits per heavy atom. The molecule has 0 bridgehead atoms. The van der Waals surface area contributed by atoms with Gasteiger partial charge < -0.3 is 19.5 Å². The molecule has 1 aliphatic heterocycles. The molecule has 35 heavy (non-hydrogen) atoms. The largest absolute Gasteiger partial charge is 0.454 e. The number of benzene rings is 2. The summed E-state index contributed by atoms with van der Waals surface area (Å²) >= 11 is 0. The van der Waals surface area contributed by atoms with Crippen LogP contribution in [0.3, 0.4) is 0 Å². The van der Waals surface area contributed by atoms with Crippen LogP contribution in [0.15, 0.2) is 42.5 Å². The zero-order chi connectivity index (χ0) is 23.8. The monoisotopic (exact) mass is 470 g/mol. The van der Waals surface area contributed by atoms with Crippen LogP contribution in [0.25, 0.3) is 22.6 Å². The number of ether oxygens (including phenoxy) is 3. The topological polar surface area (TPSA) is 86.8 Å². The Morgan fingerprint density at radius 1 is 1.06 bits per heavy atom. The van der Waals surface area contributed by atoms with Crippen LogP contribution in [0, 0.1) is 0 Å². The molecule has 3 aromatic rings. The molecule has 2 aromatic carbocycles. The molecule has 7 nitrogen and oxygen atoms in total. The fraction of sp³-hybridized carbons (Fsp3) is 0.321. The van der Waals surface area contributed by atoms with E-state index in [1.807, 2.05) is 42.5 Å². The smallest absolute Gasteiger partial charge is 0.339 e. The van der Waals surface area contributed by atoms with Crippen LogP contribution in [-0.2, 0) is 16.0 Å². The molecule has 2 heterocycles. The predicted octanol–water partition coefficient (Wildman–Crippen LogP) is 4.67. The predicted molar refractivity (Wildman–Crippen MR) is 131 cm³/mol. The number of fused-ring (bicyclic) bond motifs is 3. The number of allylic oxidation sites excluding steroid dienone is 1. The van der Waals surface area contributed by atoms with Crippen molar-refractivity contribution in [2.75, 3.05) is 13.4 Å². The molecule has 0 spiro atoms. The average molecular weight is 471 g/mol.